The fraction of sp³-hybridized carbons (Fsp3) is 0.636. The Morgan fingerprint density at radius 3 is 2.90 bits per heavy atom. The van der Waals surface area contributed by atoms with Gasteiger partial charge in [-0.1, -0.05) is 11.3 Å². The molecular weight excluding hydrogens is 284 g/mol. The smallest absolute Gasteiger partial charge is 0.265 e. The van der Waals surface area contributed by atoms with Crippen LogP contribution in [-0.4, -0.2) is 62.6 Å². The number of carbonyl (C=O) groups excluding carboxylic acids is 1. The van der Waals surface area contributed by atoms with Gasteiger partial charge in [0.25, 0.3) is 5.91 Å². The molecule has 0 aliphatic heterocycles. The number of nitrogens with one attached hydrogen (secondary N) is 2. The van der Waals surface area contributed by atoms with E-state index in [1.807, 2.05) is 0 Å². The van der Waals surface area contributed by atoms with E-state index in [0.717, 1.165) is 0 Å². The van der Waals surface area contributed by atoms with E-state index in [1.165, 1.54) is 11.3 Å². The Balaban J connectivity index is 2.39. The highest BCUT2D eigenvalue weighted by Crippen LogP contribution is 2.24. The first-order valence-electron chi connectivity index (χ1n) is 6.15. The lowest BCUT2D eigenvalue weighted by atomic mass is 10.4. The summed E-state index contributed by atoms with van der Waals surface area (Å²) < 4.78 is 9.94. The second kappa shape index (κ2) is 9.48. The molecular formula is C11H20N4O4S. The number of amides is 1. The first-order valence-corrected chi connectivity index (χ1v) is 6.96. The Labute approximate surface area is 121 Å². The van der Waals surface area contributed by atoms with Crippen molar-refractivity contribution in [3.8, 4) is 0 Å². The van der Waals surface area contributed by atoms with E-state index in [4.69, 9.17) is 20.3 Å². The summed E-state index contributed by atoms with van der Waals surface area (Å²) in [6.07, 6.45) is 0. The number of nitrogens with zero attached hydrogens (tertiary/aromatic N) is 1. The molecule has 9 heteroatoms. The molecule has 0 saturated heterocycles. The highest BCUT2D eigenvalue weighted by Gasteiger charge is 2.15. The molecule has 0 atom stereocenters. The van der Waals surface area contributed by atoms with Gasteiger partial charge in [0.15, 0.2) is 5.13 Å². The molecule has 1 aromatic heterocycles. The highest BCUT2D eigenvalue weighted by molar-refractivity contribution is 7.18. The van der Waals surface area contributed by atoms with Crippen molar-refractivity contribution in [2.75, 3.05) is 57.7 Å². The van der Waals surface area contributed by atoms with Gasteiger partial charge < -0.3 is 30.9 Å². The van der Waals surface area contributed by atoms with Crippen molar-refractivity contribution < 1.29 is 19.4 Å². The number of nitrogens with two attached hydrogens (primary N) is 1. The number of thiazole rings is 1. The third-order valence-corrected chi connectivity index (χ3v) is 3.24. The number of aliphatic hydroxyl groups is 1. The number of ether oxygens (including phenoxy) is 2. The molecule has 1 rings (SSSR count). The van der Waals surface area contributed by atoms with E-state index in [2.05, 4.69) is 15.6 Å². The topological polar surface area (TPSA) is 119 Å². The van der Waals surface area contributed by atoms with Gasteiger partial charge in [-0.05, 0) is 0 Å². The molecule has 0 aliphatic rings. The Hall–Kier alpha value is -1.42. The predicted octanol–water partition coefficient (Wildman–Crippen LogP) is -0.478. The maximum Gasteiger partial charge on any atom is 0.265 e. The average molecular weight is 304 g/mol. The standard InChI is InChI=1S/C11H20N4O4S/c1-18-5-2-14-11-15-9(12)8(20-11)10(17)13-3-6-19-7-4-16/h16H,2-7,12H2,1H3,(H,13,17)(H,14,15). The van der Waals surface area contributed by atoms with Crippen LogP contribution in [0, 0.1) is 0 Å². The van der Waals surface area contributed by atoms with E-state index in [0.29, 0.717) is 36.3 Å². The Bertz CT molecular complexity index is 413. The fourth-order valence-electron chi connectivity index (χ4n) is 1.31. The molecule has 5 N–H and O–H groups in total. The van der Waals surface area contributed by atoms with Gasteiger partial charge in [0.2, 0.25) is 0 Å². The number of aliphatic hydroxyl groups excluding tert-OH is 1. The molecule has 1 heterocycles. The summed E-state index contributed by atoms with van der Waals surface area (Å²) in [7, 11) is 1.61. The molecule has 0 radical (unpaired) electrons. The zero-order valence-corrected chi connectivity index (χ0v) is 12.2. The maximum atomic E-state index is 11.9. The lowest BCUT2D eigenvalue weighted by Crippen LogP contribution is -2.27. The maximum absolute atomic E-state index is 11.9. The summed E-state index contributed by atoms with van der Waals surface area (Å²) in [5.74, 6) is -0.0870. The van der Waals surface area contributed by atoms with E-state index in [9.17, 15) is 4.79 Å². The number of methoxy groups -OCH3 is 1. The molecule has 0 bridgehead atoms. The Morgan fingerprint density at radius 1 is 1.40 bits per heavy atom. The van der Waals surface area contributed by atoms with Crippen molar-refractivity contribution >= 4 is 28.2 Å². The van der Waals surface area contributed by atoms with Crippen LogP contribution in [-0.2, 0) is 9.47 Å². The number of nitrogen functional groups attached to an aromatic ring is 1. The largest absolute Gasteiger partial charge is 0.394 e. The van der Waals surface area contributed by atoms with Crippen LogP contribution in [0.15, 0.2) is 0 Å². The summed E-state index contributed by atoms with van der Waals surface area (Å²) in [6, 6.07) is 0. The predicted molar refractivity (Wildman–Crippen MR) is 77.1 cm³/mol. The molecule has 1 amide bonds. The van der Waals surface area contributed by atoms with Crippen molar-refractivity contribution in [2.24, 2.45) is 0 Å². The first-order chi connectivity index (χ1) is 9.69. The molecule has 8 nitrogen and oxygen atoms in total. The zero-order chi connectivity index (χ0) is 14.8. The zero-order valence-electron chi connectivity index (χ0n) is 11.3. The van der Waals surface area contributed by atoms with Crippen molar-refractivity contribution in [1.82, 2.24) is 10.3 Å². The van der Waals surface area contributed by atoms with Crippen molar-refractivity contribution in [2.45, 2.75) is 0 Å². The third kappa shape index (κ3) is 5.70. The normalized spacial score (nSPS) is 10.5. The van der Waals surface area contributed by atoms with Crippen LogP contribution < -0.4 is 16.4 Å². The number of hydrogen-bond acceptors (Lipinski definition) is 8. The summed E-state index contributed by atoms with van der Waals surface area (Å²) in [4.78, 5) is 16.3. The monoisotopic (exact) mass is 304 g/mol. The lowest BCUT2D eigenvalue weighted by Gasteiger charge is -2.04. The number of anilines is 2. The minimum absolute atomic E-state index is 0.0355. The van der Waals surface area contributed by atoms with Gasteiger partial charge in [-0.2, -0.15) is 0 Å². The molecule has 114 valence electrons. The van der Waals surface area contributed by atoms with Crippen molar-refractivity contribution in [3.63, 3.8) is 0 Å². The van der Waals surface area contributed by atoms with Crippen molar-refractivity contribution in [1.29, 1.82) is 0 Å². The van der Waals surface area contributed by atoms with E-state index in [-0.39, 0.29) is 24.9 Å². The van der Waals surface area contributed by atoms with Gasteiger partial charge in [-0.15, -0.1) is 0 Å². The Kier molecular flexibility index (Phi) is 7.88. The van der Waals surface area contributed by atoms with E-state index >= 15 is 0 Å². The fourth-order valence-corrected chi connectivity index (χ4v) is 2.14. The molecule has 1 aromatic rings. The van der Waals surface area contributed by atoms with Gasteiger partial charge >= 0.3 is 0 Å². The molecule has 20 heavy (non-hydrogen) atoms. The molecule has 0 unspecified atom stereocenters. The molecule has 0 saturated carbocycles. The van der Waals surface area contributed by atoms with E-state index in [1.54, 1.807) is 7.11 Å². The summed E-state index contributed by atoms with van der Waals surface area (Å²) in [5.41, 5.74) is 5.70. The number of hydrogen-bond donors (Lipinski definition) is 4. The molecule has 0 aromatic carbocycles. The van der Waals surface area contributed by atoms with E-state index < -0.39 is 0 Å². The summed E-state index contributed by atoms with van der Waals surface area (Å²) in [5, 5.41) is 14.8. The van der Waals surface area contributed by atoms with Crippen LogP contribution in [0.25, 0.3) is 0 Å². The van der Waals surface area contributed by atoms with Crippen LogP contribution in [0.1, 0.15) is 9.67 Å². The van der Waals surface area contributed by atoms with Crippen LogP contribution >= 0.6 is 11.3 Å². The van der Waals surface area contributed by atoms with Gasteiger partial charge in [0.1, 0.15) is 10.7 Å². The minimum Gasteiger partial charge on any atom is -0.394 e. The summed E-state index contributed by atoms with van der Waals surface area (Å²) >= 11 is 1.19. The number of rotatable bonds is 10. The summed E-state index contributed by atoms with van der Waals surface area (Å²) in [6.45, 7) is 2.05. The van der Waals surface area contributed by atoms with Crippen LogP contribution in [0.2, 0.25) is 0 Å². The second-order valence-electron chi connectivity index (χ2n) is 3.74. The van der Waals surface area contributed by atoms with Crippen LogP contribution in [0.5, 0.6) is 0 Å². The Morgan fingerprint density at radius 2 is 2.20 bits per heavy atom. The number of aromatic nitrogens is 1. The van der Waals surface area contributed by atoms with Crippen LogP contribution in [0.4, 0.5) is 10.9 Å². The van der Waals surface area contributed by atoms with Gasteiger partial charge in [-0.25, -0.2) is 4.98 Å². The van der Waals surface area contributed by atoms with Crippen molar-refractivity contribution in [3.05, 3.63) is 4.88 Å². The molecule has 0 aliphatic carbocycles. The van der Waals surface area contributed by atoms with Gasteiger partial charge in [-0.3, -0.25) is 4.79 Å². The average Bonchev–Trinajstić information content (AvgIpc) is 2.80. The van der Waals surface area contributed by atoms with Crippen LogP contribution in [0.3, 0.4) is 0 Å². The molecule has 0 fully saturated rings. The molecule has 0 spiro atoms. The van der Waals surface area contributed by atoms with Gasteiger partial charge in [0, 0.05) is 20.2 Å². The third-order valence-electron chi connectivity index (χ3n) is 2.21. The quantitative estimate of drug-likeness (QED) is 0.431. The lowest BCUT2D eigenvalue weighted by molar-refractivity contribution is 0.0841. The number of carbonyl (C=O) groups is 1. The van der Waals surface area contributed by atoms with Gasteiger partial charge in [0.05, 0.1) is 26.4 Å². The second-order valence-corrected chi connectivity index (χ2v) is 4.74. The minimum atomic E-state index is -0.285. The highest BCUT2D eigenvalue weighted by atomic mass is 32.1. The SMILES string of the molecule is COCCNc1nc(N)c(C(=O)NCCOCCO)s1. The first kappa shape index (κ1) is 16.6.